The van der Waals surface area contributed by atoms with Crippen molar-refractivity contribution in [3.05, 3.63) is 29.7 Å². The van der Waals surface area contributed by atoms with Crippen molar-refractivity contribution in [2.24, 2.45) is 5.73 Å². The molecular formula is C9H11NO3. The molecule has 0 aliphatic carbocycles. The largest absolute Gasteiger partial charge is 0.508 e. The highest BCUT2D eigenvalue weighted by molar-refractivity contribution is 5.73. The van der Waals surface area contributed by atoms with Crippen molar-refractivity contribution in [2.75, 3.05) is 0 Å². The number of aromatic hydroxyl groups is 1. The second-order valence-corrected chi connectivity index (χ2v) is 2.07. The molecule has 4 N–H and O–H groups in total. The SMILES string of the molecule is [2H]c1c([2H])c(C([2H])([2H])[C@]([2H])(N)C(=O)O)c([2H])c([2H])c1O. The summed E-state index contributed by atoms with van der Waals surface area (Å²) in [6.07, 6.45) is -3.22. The normalized spacial score (nSPS) is 23.6. The van der Waals surface area contributed by atoms with Crippen LogP contribution in [0.3, 0.4) is 0 Å². The van der Waals surface area contributed by atoms with Crippen molar-refractivity contribution < 1.29 is 24.6 Å². The lowest BCUT2D eigenvalue weighted by Crippen LogP contribution is -2.32. The minimum atomic E-state index is -3.23. The Labute approximate surface area is 85.5 Å². The number of carboxylic acids is 1. The zero-order valence-electron chi connectivity index (χ0n) is 13.4. The first kappa shape index (κ1) is 3.67. The Balaban J connectivity index is 3.76. The molecule has 0 radical (unpaired) electrons. The van der Waals surface area contributed by atoms with E-state index < -0.39 is 53.8 Å². The Morgan fingerprint density at radius 2 is 2.23 bits per heavy atom. The molecular weight excluding hydrogens is 170 g/mol. The molecule has 1 atom stereocenters. The van der Waals surface area contributed by atoms with Crippen molar-refractivity contribution >= 4 is 5.97 Å². The maximum Gasteiger partial charge on any atom is 0.320 e. The Hall–Kier alpha value is -1.55. The lowest BCUT2D eigenvalue weighted by Gasteiger charge is -2.05. The standard InChI is InChI=1S/C9H11NO3/c10-8(9(12)13)5-6-1-3-7(11)4-2-6/h1-4,8,11H,5,10H2,(H,12,13)/t8-/m0/s1/i1D,2D,3D,4D,5D2,8D. The molecule has 0 bridgehead atoms. The summed E-state index contributed by atoms with van der Waals surface area (Å²) >= 11 is 0. The predicted octanol–water partition coefficient (Wildman–Crippen LogP) is 0.347. The van der Waals surface area contributed by atoms with Gasteiger partial charge in [-0.1, -0.05) is 12.1 Å². The fourth-order valence-electron chi connectivity index (χ4n) is 0.557. The predicted molar refractivity (Wildman–Crippen MR) is 47.4 cm³/mol. The highest BCUT2D eigenvalue weighted by atomic mass is 16.4. The van der Waals surface area contributed by atoms with Gasteiger partial charge >= 0.3 is 5.97 Å². The van der Waals surface area contributed by atoms with Crippen molar-refractivity contribution in [1.29, 1.82) is 0 Å². The number of phenols is 1. The van der Waals surface area contributed by atoms with Crippen LogP contribution in [0, 0.1) is 0 Å². The number of aliphatic carboxylic acids is 1. The van der Waals surface area contributed by atoms with Crippen LogP contribution in [0.1, 0.15) is 15.2 Å². The number of hydrogen-bond donors (Lipinski definition) is 3. The minimum Gasteiger partial charge on any atom is -0.508 e. The van der Waals surface area contributed by atoms with E-state index in [1.807, 2.05) is 0 Å². The highest BCUT2D eigenvalue weighted by Gasteiger charge is 2.11. The lowest BCUT2D eigenvalue weighted by molar-refractivity contribution is -0.138. The van der Waals surface area contributed by atoms with E-state index in [-0.39, 0.29) is 0 Å². The smallest absolute Gasteiger partial charge is 0.320 e. The molecule has 0 fully saturated rings. The van der Waals surface area contributed by atoms with Gasteiger partial charge in [-0.05, 0) is 24.0 Å². The Morgan fingerprint density at radius 1 is 1.69 bits per heavy atom. The fourth-order valence-corrected chi connectivity index (χ4v) is 0.557. The summed E-state index contributed by atoms with van der Waals surface area (Å²) in [5.74, 6) is -3.03. The molecule has 0 amide bonds. The van der Waals surface area contributed by atoms with Crippen molar-refractivity contribution in [1.82, 2.24) is 0 Å². The first-order valence-electron chi connectivity index (χ1n) is 6.69. The molecule has 1 aromatic carbocycles. The second-order valence-electron chi connectivity index (χ2n) is 2.07. The van der Waals surface area contributed by atoms with Crippen LogP contribution >= 0.6 is 0 Å². The molecule has 0 spiro atoms. The van der Waals surface area contributed by atoms with Crippen LogP contribution < -0.4 is 5.73 Å². The van der Waals surface area contributed by atoms with Crippen LogP contribution in [-0.4, -0.2) is 22.2 Å². The van der Waals surface area contributed by atoms with Gasteiger partial charge in [0.2, 0.25) is 0 Å². The van der Waals surface area contributed by atoms with E-state index in [1.54, 1.807) is 0 Å². The minimum absolute atomic E-state index is 0.939. The molecule has 13 heavy (non-hydrogen) atoms. The number of carboxylic acid groups (broad SMARTS) is 1. The van der Waals surface area contributed by atoms with Crippen LogP contribution in [0.4, 0.5) is 0 Å². The maximum atomic E-state index is 10.9. The molecule has 4 heteroatoms. The molecule has 0 heterocycles. The summed E-state index contributed by atoms with van der Waals surface area (Å²) in [4.78, 5) is 10.9. The Kier molecular flexibility index (Phi) is 1.10. The second kappa shape index (κ2) is 3.91. The van der Waals surface area contributed by atoms with Crippen LogP contribution in [0.5, 0.6) is 5.75 Å². The molecule has 0 aliphatic heterocycles. The van der Waals surface area contributed by atoms with Crippen molar-refractivity contribution in [3.63, 3.8) is 0 Å². The van der Waals surface area contributed by atoms with Gasteiger partial charge in [0.1, 0.15) is 11.8 Å². The van der Waals surface area contributed by atoms with E-state index in [2.05, 4.69) is 0 Å². The van der Waals surface area contributed by atoms with E-state index in [1.165, 1.54) is 0 Å². The van der Waals surface area contributed by atoms with Crippen LogP contribution in [0.2, 0.25) is 0 Å². The first-order valence-corrected chi connectivity index (χ1v) is 3.19. The topological polar surface area (TPSA) is 83.6 Å². The van der Waals surface area contributed by atoms with Gasteiger partial charge in [0.15, 0.2) is 0 Å². The fraction of sp³-hybridized carbons (Fsp3) is 0.222. The number of benzene rings is 1. The molecule has 0 unspecified atom stereocenters. The molecule has 1 aromatic rings. The number of phenolic OH excluding ortho intramolecular Hbond substituents is 1. The molecule has 0 saturated heterocycles. The first-order chi connectivity index (χ1) is 8.87. The molecule has 0 aromatic heterocycles. The van der Waals surface area contributed by atoms with E-state index in [0.717, 1.165) is 0 Å². The van der Waals surface area contributed by atoms with Gasteiger partial charge in [-0.3, -0.25) is 4.79 Å². The zero-order valence-corrected chi connectivity index (χ0v) is 6.38. The molecule has 0 saturated carbocycles. The van der Waals surface area contributed by atoms with Crippen LogP contribution in [0.25, 0.3) is 0 Å². The lowest BCUT2D eigenvalue weighted by atomic mass is 10.1. The van der Waals surface area contributed by atoms with Gasteiger partial charge < -0.3 is 15.9 Å². The van der Waals surface area contributed by atoms with Gasteiger partial charge in [0, 0.05) is 2.74 Å². The number of carbonyl (C=O) groups is 1. The number of rotatable bonds is 3. The summed E-state index contributed by atoms with van der Waals surface area (Å²) in [7, 11) is 0. The Bertz CT molecular complexity index is 558. The van der Waals surface area contributed by atoms with Gasteiger partial charge in [0.05, 0.1) is 6.85 Å². The quantitative estimate of drug-likeness (QED) is 0.639. The summed E-state index contributed by atoms with van der Waals surface area (Å²) in [6, 6.07) is -7.08. The van der Waals surface area contributed by atoms with Crippen molar-refractivity contribution in [3.8, 4) is 5.75 Å². The maximum absolute atomic E-state index is 10.9. The number of nitrogens with two attached hydrogens (primary N) is 1. The molecule has 70 valence electrons. The zero-order chi connectivity index (χ0) is 16.0. The average molecular weight is 188 g/mol. The summed E-state index contributed by atoms with van der Waals surface area (Å²) in [5, 5.41) is 18.1. The van der Waals surface area contributed by atoms with Crippen LogP contribution in [0.15, 0.2) is 24.2 Å². The number of hydrogen-bond acceptors (Lipinski definition) is 3. The monoisotopic (exact) mass is 188 g/mol. The Morgan fingerprint density at radius 3 is 2.69 bits per heavy atom. The van der Waals surface area contributed by atoms with Gasteiger partial charge in [-0.15, -0.1) is 0 Å². The highest BCUT2D eigenvalue weighted by Crippen LogP contribution is 2.10. The van der Waals surface area contributed by atoms with E-state index >= 15 is 0 Å². The van der Waals surface area contributed by atoms with Gasteiger partial charge in [-0.25, -0.2) is 0 Å². The summed E-state index contributed by atoms with van der Waals surface area (Å²) in [5.41, 5.74) is 4.09. The summed E-state index contributed by atoms with van der Waals surface area (Å²) in [6.45, 7) is 0. The van der Waals surface area contributed by atoms with Gasteiger partial charge in [-0.2, -0.15) is 0 Å². The van der Waals surface area contributed by atoms with Gasteiger partial charge in [0.25, 0.3) is 0 Å². The third-order valence-electron chi connectivity index (χ3n) is 1.10. The molecule has 4 nitrogen and oxygen atoms in total. The van der Waals surface area contributed by atoms with E-state index in [9.17, 15) is 9.90 Å². The average Bonchev–Trinajstić information content (AvgIpc) is 2.33. The van der Waals surface area contributed by atoms with Crippen molar-refractivity contribution in [2.45, 2.75) is 12.4 Å². The molecule has 0 aliphatic rings. The summed E-state index contributed by atoms with van der Waals surface area (Å²) < 4.78 is 52.4. The third-order valence-corrected chi connectivity index (χ3v) is 1.10. The third kappa shape index (κ3) is 2.76. The van der Waals surface area contributed by atoms with E-state index in [4.69, 9.17) is 20.4 Å². The van der Waals surface area contributed by atoms with Crippen LogP contribution in [-0.2, 0) is 11.2 Å². The molecule has 1 rings (SSSR count). The van der Waals surface area contributed by atoms with E-state index in [0.29, 0.717) is 0 Å².